The van der Waals surface area contributed by atoms with Crippen molar-refractivity contribution in [2.75, 3.05) is 6.54 Å². The molecule has 1 atom stereocenters. The van der Waals surface area contributed by atoms with Crippen LogP contribution in [0, 0.1) is 0 Å². The third-order valence-electron chi connectivity index (χ3n) is 3.06. The summed E-state index contributed by atoms with van der Waals surface area (Å²) in [5.41, 5.74) is 2.04. The third kappa shape index (κ3) is 4.18. The fourth-order valence-corrected chi connectivity index (χ4v) is 3.02. The molecule has 0 bridgehead atoms. The molecule has 0 fully saturated rings. The molecule has 4 heteroatoms. The number of carbonyl (C=O) groups is 1. The van der Waals surface area contributed by atoms with Crippen molar-refractivity contribution in [3.8, 4) is 0 Å². The van der Waals surface area contributed by atoms with Crippen LogP contribution in [0.5, 0.6) is 0 Å². The Bertz CT molecular complexity index is 538. The summed E-state index contributed by atoms with van der Waals surface area (Å²) >= 11 is 4.89. The maximum absolute atomic E-state index is 11.9. The van der Waals surface area contributed by atoms with Crippen molar-refractivity contribution in [3.63, 3.8) is 0 Å². The van der Waals surface area contributed by atoms with Crippen LogP contribution in [-0.2, 0) is 0 Å². The quantitative estimate of drug-likeness (QED) is 0.858. The van der Waals surface area contributed by atoms with Crippen LogP contribution in [0.3, 0.4) is 0 Å². The van der Waals surface area contributed by atoms with E-state index in [9.17, 15) is 4.79 Å². The van der Waals surface area contributed by atoms with Gasteiger partial charge in [-0.2, -0.15) is 0 Å². The van der Waals surface area contributed by atoms with E-state index >= 15 is 0 Å². The lowest BCUT2D eigenvalue weighted by atomic mass is 9.98. The topological polar surface area (TPSA) is 29.1 Å². The number of amides is 1. The van der Waals surface area contributed by atoms with Gasteiger partial charge in [0, 0.05) is 11.9 Å². The van der Waals surface area contributed by atoms with Crippen molar-refractivity contribution in [1.29, 1.82) is 0 Å². The van der Waals surface area contributed by atoms with E-state index in [-0.39, 0.29) is 5.91 Å². The molecule has 1 heterocycles. The first-order valence-electron chi connectivity index (χ1n) is 6.24. The minimum atomic E-state index is 0.00205. The summed E-state index contributed by atoms with van der Waals surface area (Å²) in [6, 6.07) is 12.2. The molecule has 2 nitrogen and oxygen atoms in total. The van der Waals surface area contributed by atoms with Crippen molar-refractivity contribution < 1.29 is 4.79 Å². The highest BCUT2D eigenvalue weighted by Crippen LogP contribution is 2.21. The lowest BCUT2D eigenvalue weighted by Crippen LogP contribution is -2.24. The van der Waals surface area contributed by atoms with Gasteiger partial charge in [0.1, 0.15) is 0 Å². The molecule has 0 saturated carbocycles. The predicted octanol–water partition coefficient (Wildman–Crippen LogP) is 4.43. The van der Waals surface area contributed by atoms with E-state index in [2.05, 4.69) is 40.3 Å². The molecule has 1 amide bonds. The molecule has 1 N–H and O–H groups in total. The minimum Gasteiger partial charge on any atom is -0.352 e. The Morgan fingerprint density at radius 1 is 1.37 bits per heavy atom. The number of thiophene rings is 1. The van der Waals surface area contributed by atoms with Gasteiger partial charge in [0.25, 0.3) is 5.91 Å². The van der Waals surface area contributed by atoms with E-state index in [4.69, 9.17) is 0 Å². The number of benzene rings is 1. The van der Waals surface area contributed by atoms with E-state index in [1.54, 1.807) is 0 Å². The monoisotopic (exact) mass is 337 g/mol. The predicted molar refractivity (Wildman–Crippen MR) is 83.8 cm³/mol. The molecular weight excluding hydrogens is 322 g/mol. The van der Waals surface area contributed by atoms with Crippen LogP contribution >= 0.6 is 27.3 Å². The van der Waals surface area contributed by atoms with Crippen LogP contribution in [0.4, 0.5) is 0 Å². The van der Waals surface area contributed by atoms with Crippen LogP contribution in [0.15, 0.2) is 45.6 Å². The Morgan fingerprint density at radius 2 is 2.11 bits per heavy atom. The maximum Gasteiger partial charge on any atom is 0.252 e. The molecule has 0 spiro atoms. The number of nitrogens with one attached hydrogen (secondary N) is 1. The first-order chi connectivity index (χ1) is 9.16. The Labute approximate surface area is 126 Å². The number of rotatable bonds is 5. The second kappa shape index (κ2) is 6.87. The van der Waals surface area contributed by atoms with Crippen LogP contribution < -0.4 is 5.32 Å². The number of carbonyl (C=O) groups excluding carboxylic acids is 1. The van der Waals surface area contributed by atoms with Gasteiger partial charge in [-0.25, -0.2) is 0 Å². The SMILES string of the molecule is CC(CCNC(=O)c1csc(Br)c1)c1ccccc1. The van der Waals surface area contributed by atoms with E-state index in [1.807, 2.05) is 29.6 Å². The van der Waals surface area contributed by atoms with E-state index in [1.165, 1.54) is 16.9 Å². The standard InChI is InChI=1S/C15H16BrNOS/c1-11(12-5-3-2-4-6-12)7-8-17-15(18)13-9-14(16)19-10-13/h2-6,9-11H,7-8H2,1H3,(H,17,18). The van der Waals surface area contributed by atoms with E-state index in [0.717, 1.165) is 15.8 Å². The number of hydrogen-bond donors (Lipinski definition) is 1. The molecule has 0 radical (unpaired) electrons. The summed E-state index contributed by atoms with van der Waals surface area (Å²) in [6.45, 7) is 2.88. The summed E-state index contributed by atoms with van der Waals surface area (Å²) < 4.78 is 0.982. The van der Waals surface area contributed by atoms with E-state index < -0.39 is 0 Å². The molecule has 0 saturated heterocycles. The Kier molecular flexibility index (Phi) is 5.16. The number of halogens is 1. The first-order valence-corrected chi connectivity index (χ1v) is 7.91. The zero-order chi connectivity index (χ0) is 13.7. The highest BCUT2D eigenvalue weighted by atomic mass is 79.9. The van der Waals surface area contributed by atoms with Crippen LogP contribution in [0.25, 0.3) is 0 Å². The average Bonchev–Trinajstić information content (AvgIpc) is 2.86. The highest BCUT2D eigenvalue weighted by molar-refractivity contribution is 9.11. The lowest BCUT2D eigenvalue weighted by molar-refractivity contribution is 0.0953. The van der Waals surface area contributed by atoms with Gasteiger partial charge in [-0.15, -0.1) is 11.3 Å². The van der Waals surface area contributed by atoms with Crippen molar-refractivity contribution >= 4 is 33.2 Å². The first kappa shape index (κ1) is 14.3. The molecule has 2 aromatic rings. The lowest BCUT2D eigenvalue weighted by Gasteiger charge is -2.12. The fourth-order valence-electron chi connectivity index (χ4n) is 1.88. The number of hydrogen-bond acceptors (Lipinski definition) is 2. The molecule has 1 aromatic heterocycles. The second-order valence-corrected chi connectivity index (χ2v) is 6.79. The van der Waals surface area contributed by atoms with Crippen LogP contribution in [0.2, 0.25) is 0 Å². The Balaban J connectivity index is 1.79. The summed E-state index contributed by atoms with van der Waals surface area (Å²) in [5.74, 6) is 0.456. The Hall–Kier alpha value is -1.13. The van der Waals surface area contributed by atoms with Crippen molar-refractivity contribution in [1.82, 2.24) is 5.32 Å². The summed E-state index contributed by atoms with van der Waals surface area (Å²) in [7, 11) is 0. The van der Waals surface area contributed by atoms with Crippen LogP contribution in [0.1, 0.15) is 35.2 Å². The minimum absolute atomic E-state index is 0.00205. The normalized spacial score (nSPS) is 12.1. The molecule has 1 unspecified atom stereocenters. The van der Waals surface area contributed by atoms with Crippen LogP contribution in [-0.4, -0.2) is 12.5 Å². The molecule has 19 heavy (non-hydrogen) atoms. The summed E-state index contributed by atoms with van der Waals surface area (Å²) in [5, 5.41) is 4.82. The van der Waals surface area contributed by atoms with Gasteiger partial charge in [-0.3, -0.25) is 4.79 Å². The summed E-state index contributed by atoms with van der Waals surface area (Å²) in [4.78, 5) is 11.9. The average molecular weight is 338 g/mol. The van der Waals surface area contributed by atoms with Gasteiger partial charge in [-0.05, 0) is 39.9 Å². The smallest absolute Gasteiger partial charge is 0.252 e. The molecule has 0 aliphatic rings. The molecular formula is C15H16BrNOS. The maximum atomic E-state index is 11.9. The van der Waals surface area contributed by atoms with E-state index in [0.29, 0.717) is 12.5 Å². The Morgan fingerprint density at radius 3 is 2.74 bits per heavy atom. The zero-order valence-corrected chi connectivity index (χ0v) is 13.1. The van der Waals surface area contributed by atoms with Crippen molar-refractivity contribution in [2.45, 2.75) is 19.3 Å². The van der Waals surface area contributed by atoms with Gasteiger partial charge in [0.15, 0.2) is 0 Å². The largest absolute Gasteiger partial charge is 0.352 e. The van der Waals surface area contributed by atoms with Gasteiger partial charge in [0.2, 0.25) is 0 Å². The molecule has 100 valence electrons. The molecule has 2 rings (SSSR count). The van der Waals surface area contributed by atoms with Crippen molar-refractivity contribution in [2.24, 2.45) is 0 Å². The van der Waals surface area contributed by atoms with Gasteiger partial charge < -0.3 is 5.32 Å². The molecule has 1 aromatic carbocycles. The van der Waals surface area contributed by atoms with Gasteiger partial charge in [0.05, 0.1) is 9.35 Å². The zero-order valence-electron chi connectivity index (χ0n) is 10.7. The third-order valence-corrected chi connectivity index (χ3v) is 4.57. The van der Waals surface area contributed by atoms with Gasteiger partial charge in [-0.1, -0.05) is 37.3 Å². The molecule has 0 aliphatic carbocycles. The summed E-state index contributed by atoms with van der Waals surface area (Å²) in [6.07, 6.45) is 0.945. The highest BCUT2D eigenvalue weighted by Gasteiger charge is 2.09. The fraction of sp³-hybridized carbons (Fsp3) is 0.267. The second-order valence-electron chi connectivity index (χ2n) is 4.50. The molecule has 0 aliphatic heterocycles. The van der Waals surface area contributed by atoms with Gasteiger partial charge >= 0.3 is 0 Å². The van der Waals surface area contributed by atoms with Crippen molar-refractivity contribution in [3.05, 3.63) is 56.7 Å².